The molecule has 1 aliphatic heterocycles. The van der Waals surface area contributed by atoms with Crippen LogP contribution >= 0.6 is 0 Å². The van der Waals surface area contributed by atoms with Gasteiger partial charge in [0.2, 0.25) is 11.8 Å². The van der Waals surface area contributed by atoms with Crippen LogP contribution in [0.1, 0.15) is 6.42 Å². The van der Waals surface area contributed by atoms with E-state index in [1.807, 2.05) is 5.43 Å². The first-order valence-corrected chi connectivity index (χ1v) is 8.01. The van der Waals surface area contributed by atoms with Gasteiger partial charge in [-0.25, -0.2) is 14.3 Å². The van der Waals surface area contributed by atoms with E-state index in [1.54, 1.807) is 0 Å². The summed E-state index contributed by atoms with van der Waals surface area (Å²) in [5, 5.41) is 9.52. The topological polar surface area (TPSA) is 157 Å². The second-order valence-electron chi connectivity index (χ2n) is 4.96. The summed E-state index contributed by atoms with van der Waals surface area (Å²) in [6.07, 6.45) is -1.53. The Morgan fingerprint density at radius 3 is 2.43 bits per heavy atom. The molecule has 0 saturated carbocycles. The summed E-state index contributed by atoms with van der Waals surface area (Å²) in [6, 6.07) is 0. The van der Waals surface area contributed by atoms with Crippen molar-refractivity contribution in [2.24, 2.45) is 5.84 Å². The van der Waals surface area contributed by atoms with E-state index in [4.69, 9.17) is 5.84 Å². The molecule has 0 spiro atoms. The van der Waals surface area contributed by atoms with Gasteiger partial charge in [-0.2, -0.15) is 0 Å². The van der Waals surface area contributed by atoms with E-state index >= 15 is 0 Å². The third-order valence-electron chi connectivity index (χ3n) is 3.22. The number of nitrogens with two attached hydrogens (primary N) is 1. The van der Waals surface area contributed by atoms with Gasteiger partial charge >= 0.3 is 0 Å². The number of nitrogens with one attached hydrogen (secondary N) is 2. The standard InChI is InChI=1S/C10H20N4O6S/c11-12-9(16)5-10(17)14-3-1-13(2-4-14)6-8(15)7-21(18,19)20/h8,15H,1-7,11H2,(H,12,16)(H,18,19,20)/t8-/m1/s1. The third-order valence-corrected chi connectivity index (χ3v) is 4.01. The predicted octanol–water partition coefficient (Wildman–Crippen LogP) is -5.00. The van der Waals surface area contributed by atoms with Gasteiger partial charge < -0.3 is 19.5 Å². The molecule has 0 unspecified atom stereocenters. The number of nitrogens with zero attached hydrogens (tertiary/aromatic N) is 1. The molecule has 5 N–H and O–H groups in total. The van der Waals surface area contributed by atoms with Crippen LogP contribution in [0.15, 0.2) is 0 Å². The summed E-state index contributed by atoms with van der Waals surface area (Å²) in [5.74, 6) is 3.19. The normalized spacial score (nSPS) is 18.3. The second-order valence-corrected chi connectivity index (χ2v) is 6.41. The number of rotatable bonds is 6. The van der Waals surface area contributed by atoms with E-state index in [1.165, 1.54) is 4.90 Å². The van der Waals surface area contributed by atoms with E-state index in [-0.39, 0.29) is 18.9 Å². The summed E-state index contributed by atoms with van der Waals surface area (Å²) in [5.41, 5.74) is 1.88. The number of quaternary nitrogens is 1. The Bertz CT molecular complexity index is 474. The molecule has 1 rings (SSSR count). The number of hydrazine groups is 1. The molecule has 0 aromatic rings. The fourth-order valence-corrected chi connectivity index (χ4v) is 2.79. The Labute approximate surface area is 122 Å². The first-order chi connectivity index (χ1) is 9.71. The number of amides is 2. The third kappa shape index (κ3) is 6.82. The molecule has 10 nitrogen and oxygen atoms in total. The van der Waals surface area contributed by atoms with Gasteiger partial charge in [0.25, 0.3) is 0 Å². The molecular formula is C10H20N4O6S. The highest BCUT2D eigenvalue weighted by molar-refractivity contribution is 7.85. The summed E-state index contributed by atoms with van der Waals surface area (Å²) in [7, 11) is -4.45. The van der Waals surface area contributed by atoms with Gasteiger partial charge in [-0.1, -0.05) is 0 Å². The van der Waals surface area contributed by atoms with Crippen LogP contribution in [0.3, 0.4) is 0 Å². The predicted molar refractivity (Wildman–Crippen MR) is 69.7 cm³/mol. The molecule has 2 amide bonds. The average molecular weight is 324 g/mol. The monoisotopic (exact) mass is 324 g/mol. The van der Waals surface area contributed by atoms with Crippen LogP contribution in [0.4, 0.5) is 0 Å². The largest absolute Gasteiger partial charge is 0.748 e. The summed E-state index contributed by atoms with van der Waals surface area (Å²) in [6.45, 7) is 1.93. The van der Waals surface area contributed by atoms with Crippen molar-refractivity contribution in [3.8, 4) is 0 Å². The van der Waals surface area contributed by atoms with E-state index < -0.39 is 27.9 Å². The maximum Gasteiger partial charge on any atom is 0.243 e. The minimum Gasteiger partial charge on any atom is -0.748 e. The maximum absolute atomic E-state index is 11.7. The number of aliphatic hydroxyl groups is 1. The van der Waals surface area contributed by atoms with Crippen LogP contribution in [0.25, 0.3) is 0 Å². The molecule has 1 aliphatic rings. The van der Waals surface area contributed by atoms with E-state index in [9.17, 15) is 27.7 Å². The zero-order valence-corrected chi connectivity index (χ0v) is 12.3. The zero-order valence-electron chi connectivity index (χ0n) is 11.4. The van der Waals surface area contributed by atoms with E-state index in [0.717, 1.165) is 4.90 Å². The van der Waals surface area contributed by atoms with Crippen LogP contribution in [0.5, 0.6) is 0 Å². The quantitative estimate of drug-likeness (QED) is 0.125. The van der Waals surface area contributed by atoms with Crippen molar-refractivity contribution in [2.45, 2.75) is 12.5 Å². The number of carbonyl (C=O) groups is 2. The van der Waals surface area contributed by atoms with Crippen LogP contribution in [0, 0.1) is 0 Å². The lowest BCUT2D eigenvalue weighted by Crippen LogP contribution is -3.16. The number of carbonyl (C=O) groups excluding carboxylic acids is 2. The fourth-order valence-electron chi connectivity index (χ4n) is 2.20. The molecule has 0 bridgehead atoms. The van der Waals surface area contributed by atoms with Gasteiger partial charge in [0.15, 0.2) is 0 Å². The Morgan fingerprint density at radius 1 is 1.38 bits per heavy atom. The summed E-state index contributed by atoms with van der Waals surface area (Å²) in [4.78, 5) is 25.1. The first-order valence-electron chi connectivity index (χ1n) is 6.43. The minimum absolute atomic E-state index is 0.132. The van der Waals surface area contributed by atoms with Gasteiger partial charge in [-0.3, -0.25) is 15.0 Å². The molecule has 1 fully saturated rings. The lowest BCUT2D eigenvalue weighted by molar-refractivity contribution is -0.906. The lowest BCUT2D eigenvalue weighted by Gasteiger charge is -2.33. The molecular weight excluding hydrogens is 304 g/mol. The molecule has 0 aliphatic carbocycles. The highest BCUT2D eigenvalue weighted by Gasteiger charge is 2.26. The molecule has 0 aromatic carbocycles. The van der Waals surface area contributed by atoms with Gasteiger partial charge in [0.05, 0.1) is 42.1 Å². The molecule has 1 saturated heterocycles. The van der Waals surface area contributed by atoms with Crippen molar-refractivity contribution in [3.63, 3.8) is 0 Å². The highest BCUT2D eigenvalue weighted by Crippen LogP contribution is 1.96. The van der Waals surface area contributed by atoms with Crippen LogP contribution in [-0.2, 0) is 19.7 Å². The maximum atomic E-state index is 11.7. The van der Waals surface area contributed by atoms with Crippen molar-refractivity contribution >= 4 is 21.9 Å². The van der Waals surface area contributed by atoms with E-state index in [0.29, 0.717) is 26.2 Å². The van der Waals surface area contributed by atoms with Crippen molar-refractivity contribution in [2.75, 3.05) is 38.5 Å². The Morgan fingerprint density at radius 2 is 1.95 bits per heavy atom. The number of hydrogen-bond acceptors (Lipinski definition) is 7. The smallest absolute Gasteiger partial charge is 0.243 e. The molecule has 21 heavy (non-hydrogen) atoms. The first kappa shape index (κ1) is 17.8. The number of hydrogen-bond donors (Lipinski definition) is 4. The number of piperazine rings is 1. The average Bonchev–Trinajstić information content (AvgIpc) is 2.36. The molecule has 1 heterocycles. The molecule has 1 atom stereocenters. The highest BCUT2D eigenvalue weighted by atomic mass is 32.2. The lowest BCUT2D eigenvalue weighted by atomic mass is 10.2. The Balaban J connectivity index is 2.35. The van der Waals surface area contributed by atoms with Gasteiger partial charge in [-0.05, 0) is 0 Å². The Kier molecular flexibility index (Phi) is 6.48. The van der Waals surface area contributed by atoms with Gasteiger partial charge in [0.1, 0.15) is 19.1 Å². The van der Waals surface area contributed by atoms with Crippen molar-refractivity contribution in [1.29, 1.82) is 0 Å². The zero-order chi connectivity index (χ0) is 16.0. The molecule has 122 valence electrons. The summed E-state index contributed by atoms with van der Waals surface area (Å²) < 4.78 is 31.6. The van der Waals surface area contributed by atoms with Crippen LogP contribution in [0.2, 0.25) is 0 Å². The van der Waals surface area contributed by atoms with Gasteiger partial charge in [0, 0.05) is 0 Å². The van der Waals surface area contributed by atoms with Crippen molar-refractivity contribution < 1.29 is 32.6 Å². The van der Waals surface area contributed by atoms with Crippen molar-refractivity contribution in [3.05, 3.63) is 0 Å². The molecule has 0 radical (unpaired) electrons. The van der Waals surface area contributed by atoms with Crippen LogP contribution < -0.4 is 16.2 Å². The molecule has 0 aromatic heterocycles. The van der Waals surface area contributed by atoms with Crippen LogP contribution in [-0.4, -0.2) is 79.4 Å². The fraction of sp³-hybridized carbons (Fsp3) is 0.800. The SMILES string of the molecule is NNC(=O)CC(=O)N1CC[NH+](C[C@@H](O)CS(=O)(=O)[O-])CC1. The minimum atomic E-state index is -4.45. The summed E-state index contributed by atoms with van der Waals surface area (Å²) >= 11 is 0. The number of aliphatic hydroxyl groups excluding tert-OH is 1. The second kappa shape index (κ2) is 7.66. The van der Waals surface area contributed by atoms with Gasteiger partial charge in [-0.15, -0.1) is 0 Å². The van der Waals surface area contributed by atoms with E-state index in [2.05, 4.69) is 0 Å². The molecule has 11 heteroatoms. The Hall–Kier alpha value is -1.27. The van der Waals surface area contributed by atoms with Crippen molar-refractivity contribution in [1.82, 2.24) is 10.3 Å².